The van der Waals surface area contributed by atoms with E-state index in [1.165, 1.54) is 0 Å². The van der Waals surface area contributed by atoms with Gasteiger partial charge in [-0.1, -0.05) is 36.4 Å². The quantitative estimate of drug-likeness (QED) is 0.741. The molecule has 4 rings (SSSR count). The topological polar surface area (TPSA) is 69.6 Å². The molecule has 0 aromatic heterocycles. The molecule has 1 aliphatic heterocycles. The SMILES string of the molecule is O=C(Nc1cccc(CN2CCCC2=O)c1)c1cc2ccccc2cc1O. The predicted molar refractivity (Wildman–Crippen MR) is 105 cm³/mol. The van der Waals surface area contributed by atoms with Gasteiger partial charge in [0, 0.05) is 25.2 Å². The number of nitrogens with zero attached hydrogens (tertiary/aromatic N) is 1. The largest absolute Gasteiger partial charge is 0.507 e. The zero-order chi connectivity index (χ0) is 18.8. The van der Waals surface area contributed by atoms with Crippen LogP contribution in [-0.2, 0) is 11.3 Å². The van der Waals surface area contributed by atoms with Crippen molar-refractivity contribution < 1.29 is 14.7 Å². The summed E-state index contributed by atoms with van der Waals surface area (Å²) in [5.74, 6) is -0.247. The van der Waals surface area contributed by atoms with Crippen molar-refractivity contribution in [3.05, 3.63) is 71.8 Å². The van der Waals surface area contributed by atoms with Gasteiger partial charge in [-0.15, -0.1) is 0 Å². The average molecular weight is 360 g/mol. The van der Waals surface area contributed by atoms with Gasteiger partial charge in [-0.25, -0.2) is 0 Å². The number of phenols is 1. The minimum atomic E-state index is -0.368. The molecule has 3 aromatic rings. The van der Waals surface area contributed by atoms with Crippen molar-refractivity contribution in [2.45, 2.75) is 19.4 Å². The van der Waals surface area contributed by atoms with E-state index in [9.17, 15) is 14.7 Å². The molecule has 5 nitrogen and oxygen atoms in total. The molecule has 3 aromatic carbocycles. The van der Waals surface area contributed by atoms with Gasteiger partial charge in [-0.3, -0.25) is 9.59 Å². The van der Waals surface area contributed by atoms with E-state index in [0.717, 1.165) is 29.3 Å². The number of phenolic OH excluding ortho intramolecular Hbond substituents is 1. The summed E-state index contributed by atoms with van der Waals surface area (Å²) in [6, 6.07) is 18.3. The van der Waals surface area contributed by atoms with E-state index in [1.54, 1.807) is 18.2 Å². The molecule has 0 aliphatic carbocycles. The van der Waals surface area contributed by atoms with E-state index in [4.69, 9.17) is 0 Å². The lowest BCUT2D eigenvalue weighted by Crippen LogP contribution is -2.23. The highest BCUT2D eigenvalue weighted by molar-refractivity contribution is 6.08. The van der Waals surface area contributed by atoms with Crippen molar-refractivity contribution >= 4 is 28.3 Å². The van der Waals surface area contributed by atoms with Crippen LogP contribution in [0.5, 0.6) is 5.75 Å². The third-order valence-corrected chi connectivity index (χ3v) is 4.84. The summed E-state index contributed by atoms with van der Waals surface area (Å²) < 4.78 is 0. The number of fused-ring (bicyclic) bond motifs is 1. The smallest absolute Gasteiger partial charge is 0.259 e. The summed E-state index contributed by atoms with van der Waals surface area (Å²) in [6.07, 6.45) is 1.51. The molecule has 27 heavy (non-hydrogen) atoms. The number of rotatable bonds is 4. The highest BCUT2D eigenvalue weighted by atomic mass is 16.3. The molecule has 0 unspecified atom stereocenters. The van der Waals surface area contributed by atoms with E-state index < -0.39 is 0 Å². The Hall–Kier alpha value is -3.34. The molecule has 5 heteroatoms. The molecule has 2 amide bonds. The molecular weight excluding hydrogens is 340 g/mol. The number of benzene rings is 3. The van der Waals surface area contributed by atoms with E-state index in [-0.39, 0.29) is 23.1 Å². The summed E-state index contributed by atoms with van der Waals surface area (Å²) >= 11 is 0. The van der Waals surface area contributed by atoms with Gasteiger partial charge in [0.15, 0.2) is 0 Å². The van der Waals surface area contributed by atoms with Crippen LogP contribution in [0.3, 0.4) is 0 Å². The van der Waals surface area contributed by atoms with Crippen LogP contribution in [0.1, 0.15) is 28.8 Å². The zero-order valence-corrected chi connectivity index (χ0v) is 14.8. The Bertz CT molecular complexity index is 1030. The van der Waals surface area contributed by atoms with Gasteiger partial charge in [-0.2, -0.15) is 0 Å². The normalized spacial score (nSPS) is 13.9. The molecule has 0 spiro atoms. The van der Waals surface area contributed by atoms with Crippen molar-refractivity contribution in [3.63, 3.8) is 0 Å². The Balaban J connectivity index is 1.53. The fourth-order valence-corrected chi connectivity index (χ4v) is 3.45. The second-order valence-corrected chi connectivity index (χ2v) is 6.79. The third-order valence-electron chi connectivity index (χ3n) is 4.84. The Kier molecular flexibility index (Phi) is 4.50. The maximum atomic E-state index is 12.7. The third kappa shape index (κ3) is 3.62. The molecule has 136 valence electrons. The lowest BCUT2D eigenvalue weighted by atomic mass is 10.1. The van der Waals surface area contributed by atoms with Crippen molar-refractivity contribution in [1.29, 1.82) is 0 Å². The Labute approximate surface area is 157 Å². The van der Waals surface area contributed by atoms with E-state index in [0.29, 0.717) is 18.7 Å². The molecule has 1 saturated heterocycles. The average Bonchev–Trinajstić information content (AvgIpc) is 3.06. The van der Waals surface area contributed by atoms with Crippen molar-refractivity contribution in [2.24, 2.45) is 0 Å². The van der Waals surface area contributed by atoms with Crippen molar-refractivity contribution in [3.8, 4) is 5.75 Å². The minimum Gasteiger partial charge on any atom is -0.507 e. The standard InChI is InChI=1S/C22H20N2O3/c25-20-13-17-7-2-1-6-16(17)12-19(20)22(27)23-18-8-3-5-15(11-18)14-24-10-4-9-21(24)26/h1-3,5-8,11-13,25H,4,9-10,14H2,(H,23,27). The van der Waals surface area contributed by atoms with Crippen LogP contribution in [-0.4, -0.2) is 28.4 Å². The first-order valence-electron chi connectivity index (χ1n) is 9.00. The summed E-state index contributed by atoms with van der Waals surface area (Å²) in [5, 5.41) is 14.8. The molecule has 1 aliphatic rings. The number of amides is 2. The summed E-state index contributed by atoms with van der Waals surface area (Å²) in [4.78, 5) is 26.3. The molecule has 0 bridgehead atoms. The van der Waals surface area contributed by atoms with E-state index in [1.807, 2.05) is 47.4 Å². The summed E-state index contributed by atoms with van der Waals surface area (Å²) in [7, 11) is 0. The number of carbonyl (C=O) groups is 2. The number of hydrogen-bond donors (Lipinski definition) is 2. The summed E-state index contributed by atoms with van der Waals surface area (Å²) in [6.45, 7) is 1.32. The highest BCUT2D eigenvalue weighted by Crippen LogP contribution is 2.26. The molecule has 0 saturated carbocycles. The van der Waals surface area contributed by atoms with Gasteiger partial charge in [0.25, 0.3) is 5.91 Å². The van der Waals surface area contributed by atoms with Crippen LogP contribution in [0.15, 0.2) is 60.7 Å². The number of likely N-dealkylation sites (tertiary alicyclic amines) is 1. The second-order valence-electron chi connectivity index (χ2n) is 6.79. The van der Waals surface area contributed by atoms with Crippen LogP contribution in [0.25, 0.3) is 10.8 Å². The fraction of sp³-hybridized carbons (Fsp3) is 0.182. The minimum absolute atomic E-state index is 0.0509. The predicted octanol–water partition coefficient (Wildman–Crippen LogP) is 3.92. The fourth-order valence-electron chi connectivity index (χ4n) is 3.45. The van der Waals surface area contributed by atoms with Gasteiger partial charge >= 0.3 is 0 Å². The molecule has 0 atom stereocenters. The van der Waals surface area contributed by atoms with Gasteiger partial charge in [-0.05, 0) is 47.0 Å². The van der Waals surface area contributed by atoms with Gasteiger partial charge < -0.3 is 15.3 Å². The maximum Gasteiger partial charge on any atom is 0.259 e. The zero-order valence-electron chi connectivity index (χ0n) is 14.8. The van der Waals surface area contributed by atoms with Crippen LogP contribution in [0.4, 0.5) is 5.69 Å². The molecule has 2 N–H and O–H groups in total. The lowest BCUT2D eigenvalue weighted by molar-refractivity contribution is -0.128. The lowest BCUT2D eigenvalue weighted by Gasteiger charge is -2.16. The van der Waals surface area contributed by atoms with Crippen LogP contribution in [0, 0.1) is 0 Å². The number of anilines is 1. The van der Waals surface area contributed by atoms with Gasteiger partial charge in [0.1, 0.15) is 5.75 Å². The molecule has 1 fully saturated rings. The maximum absolute atomic E-state index is 12.7. The van der Waals surface area contributed by atoms with Gasteiger partial charge in [0.2, 0.25) is 5.91 Å². The van der Waals surface area contributed by atoms with Crippen LogP contribution < -0.4 is 5.32 Å². The van der Waals surface area contributed by atoms with Crippen LogP contribution in [0.2, 0.25) is 0 Å². The van der Waals surface area contributed by atoms with Gasteiger partial charge in [0.05, 0.1) is 5.56 Å². The van der Waals surface area contributed by atoms with Crippen molar-refractivity contribution in [1.82, 2.24) is 4.90 Å². The number of hydrogen-bond acceptors (Lipinski definition) is 3. The first-order chi connectivity index (χ1) is 13.1. The molecule has 0 radical (unpaired) electrons. The van der Waals surface area contributed by atoms with Crippen LogP contribution >= 0.6 is 0 Å². The Morgan fingerprint density at radius 2 is 1.81 bits per heavy atom. The number of carbonyl (C=O) groups excluding carboxylic acids is 2. The van der Waals surface area contributed by atoms with Crippen molar-refractivity contribution in [2.75, 3.05) is 11.9 Å². The first-order valence-corrected chi connectivity index (χ1v) is 9.00. The molecular formula is C22H20N2O3. The second kappa shape index (κ2) is 7.11. The van der Waals surface area contributed by atoms with E-state index in [2.05, 4.69) is 5.32 Å². The Morgan fingerprint density at radius 3 is 2.56 bits per heavy atom. The highest BCUT2D eigenvalue weighted by Gasteiger charge is 2.20. The Morgan fingerprint density at radius 1 is 1.04 bits per heavy atom. The number of nitrogens with one attached hydrogen (secondary N) is 1. The van der Waals surface area contributed by atoms with E-state index >= 15 is 0 Å². The first kappa shape index (κ1) is 17.1. The number of aromatic hydroxyl groups is 1. The summed E-state index contributed by atoms with van der Waals surface area (Å²) in [5.41, 5.74) is 1.83. The monoisotopic (exact) mass is 360 g/mol. The molecule has 1 heterocycles.